The van der Waals surface area contributed by atoms with Crippen molar-refractivity contribution in [3.05, 3.63) is 65.5 Å². The van der Waals surface area contributed by atoms with Crippen LogP contribution in [0.2, 0.25) is 0 Å². The maximum Gasteiger partial charge on any atom is 0.221 e. The van der Waals surface area contributed by atoms with Crippen molar-refractivity contribution in [2.45, 2.75) is 19.0 Å². The van der Waals surface area contributed by atoms with Crippen LogP contribution < -0.4 is 10.6 Å². The molecule has 1 heterocycles. The Morgan fingerprint density at radius 1 is 1.31 bits per heavy atom. The average molecular weight is 358 g/mol. The molecule has 0 radical (unpaired) electrons. The summed E-state index contributed by atoms with van der Waals surface area (Å²) in [6.45, 7) is 2.35. The minimum Gasteiger partial charge on any atom is -0.396 e. The first-order valence-electron chi connectivity index (χ1n) is 8.60. The van der Waals surface area contributed by atoms with Crippen molar-refractivity contribution in [1.29, 1.82) is 0 Å². The Labute approximate surface area is 152 Å². The second-order valence-corrected chi connectivity index (χ2v) is 6.58. The van der Waals surface area contributed by atoms with E-state index in [2.05, 4.69) is 10.6 Å². The summed E-state index contributed by atoms with van der Waals surface area (Å²) in [4.78, 5) is 11.4. The number of hydrogen-bond acceptors (Lipinski definition) is 4. The standard InChI is InChI=1S/C20H23FN2O3/c1-14(25)23-17-7-8-19(21)18(9-17)20(13-26-12-16(20)11-24)22-10-15-5-3-2-4-6-15/h2-9,16,22,24H,10-13H2,1H3,(H,23,25)/t16-,20+/m1/s1. The third-order valence-electron chi connectivity index (χ3n) is 4.78. The number of anilines is 1. The molecule has 2 atom stereocenters. The van der Waals surface area contributed by atoms with E-state index in [1.165, 1.54) is 19.1 Å². The quantitative estimate of drug-likeness (QED) is 0.742. The molecule has 3 N–H and O–H groups in total. The number of halogens is 1. The van der Waals surface area contributed by atoms with Gasteiger partial charge in [-0.2, -0.15) is 0 Å². The highest BCUT2D eigenvalue weighted by molar-refractivity contribution is 5.88. The highest BCUT2D eigenvalue weighted by Gasteiger charge is 2.46. The van der Waals surface area contributed by atoms with Gasteiger partial charge in [-0.25, -0.2) is 4.39 Å². The van der Waals surface area contributed by atoms with Gasteiger partial charge in [0.25, 0.3) is 0 Å². The molecule has 0 unspecified atom stereocenters. The van der Waals surface area contributed by atoms with Crippen molar-refractivity contribution >= 4 is 11.6 Å². The third kappa shape index (κ3) is 3.77. The Morgan fingerprint density at radius 3 is 2.77 bits per heavy atom. The molecule has 138 valence electrons. The molecule has 1 saturated heterocycles. The molecule has 1 aliphatic heterocycles. The fraction of sp³-hybridized carbons (Fsp3) is 0.350. The topological polar surface area (TPSA) is 70.6 Å². The highest BCUT2D eigenvalue weighted by atomic mass is 19.1. The fourth-order valence-electron chi connectivity index (χ4n) is 3.42. The molecule has 1 aliphatic rings. The zero-order valence-electron chi connectivity index (χ0n) is 14.7. The Bertz CT molecular complexity index is 769. The van der Waals surface area contributed by atoms with Crippen LogP contribution in [0.3, 0.4) is 0 Å². The lowest BCUT2D eigenvalue weighted by molar-refractivity contribution is -0.114. The van der Waals surface area contributed by atoms with Gasteiger partial charge in [-0.3, -0.25) is 4.79 Å². The lowest BCUT2D eigenvalue weighted by Crippen LogP contribution is -2.50. The number of ether oxygens (including phenoxy) is 1. The second-order valence-electron chi connectivity index (χ2n) is 6.58. The molecule has 1 amide bonds. The number of benzene rings is 2. The number of amides is 1. The van der Waals surface area contributed by atoms with E-state index in [9.17, 15) is 14.3 Å². The summed E-state index contributed by atoms with van der Waals surface area (Å²) in [5.74, 6) is -0.924. The van der Waals surface area contributed by atoms with E-state index in [4.69, 9.17) is 4.74 Å². The molecule has 2 aromatic carbocycles. The van der Waals surface area contributed by atoms with Crippen LogP contribution in [-0.2, 0) is 21.6 Å². The zero-order valence-corrected chi connectivity index (χ0v) is 14.7. The molecule has 0 saturated carbocycles. The van der Waals surface area contributed by atoms with E-state index in [1.807, 2.05) is 30.3 Å². The molecular weight excluding hydrogens is 335 g/mol. The zero-order chi connectivity index (χ0) is 18.6. The largest absolute Gasteiger partial charge is 0.396 e. The second kappa shape index (κ2) is 7.95. The number of rotatable bonds is 6. The van der Waals surface area contributed by atoms with Gasteiger partial charge >= 0.3 is 0 Å². The minimum atomic E-state index is -0.872. The van der Waals surface area contributed by atoms with E-state index in [1.54, 1.807) is 6.07 Å². The molecule has 0 aromatic heterocycles. The van der Waals surface area contributed by atoms with E-state index >= 15 is 0 Å². The van der Waals surface area contributed by atoms with Gasteiger partial charge in [-0.15, -0.1) is 0 Å². The molecule has 2 aromatic rings. The maximum atomic E-state index is 14.7. The Hall–Kier alpha value is -2.28. The van der Waals surface area contributed by atoms with Crippen LogP contribution in [0.25, 0.3) is 0 Å². The first kappa shape index (κ1) is 18.5. The van der Waals surface area contributed by atoms with Crippen molar-refractivity contribution in [3.8, 4) is 0 Å². The SMILES string of the molecule is CC(=O)Nc1ccc(F)c([C@]2(NCc3ccccc3)COC[C@H]2CO)c1. The van der Waals surface area contributed by atoms with Crippen LogP contribution in [0.5, 0.6) is 0 Å². The van der Waals surface area contributed by atoms with Crippen molar-refractivity contribution in [2.75, 3.05) is 25.1 Å². The normalized spacial score (nSPS) is 22.3. The van der Waals surface area contributed by atoms with Crippen molar-refractivity contribution < 1.29 is 19.0 Å². The number of aliphatic hydroxyl groups is 1. The van der Waals surface area contributed by atoms with Crippen LogP contribution in [0.15, 0.2) is 48.5 Å². The number of nitrogens with one attached hydrogen (secondary N) is 2. The molecule has 26 heavy (non-hydrogen) atoms. The highest BCUT2D eigenvalue weighted by Crippen LogP contribution is 2.38. The fourth-order valence-corrected chi connectivity index (χ4v) is 3.42. The van der Waals surface area contributed by atoms with Crippen LogP contribution in [0.1, 0.15) is 18.1 Å². The van der Waals surface area contributed by atoms with Crippen LogP contribution in [0, 0.1) is 11.7 Å². The van der Waals surface area contributed by atoms with Gasteiger partial charge in [0.15, 0.2) is 0 Å². The number of aliphatic hydroxyl groups excluding tert-OH is 1. The lowest BCUT2D eigenvalue weighted by Gasteiger charge is -2.35. The molecule has 0 spiro atoms. The molecule has 0 bridgehead atoms. The molecule has 6 heteroatoms. The van der Waals surface area contributed by atoms with Gasteiger partial charge in [0.1, 0.15) is 5.82 Å². The van der Waals surface area contributed by atoms with E-state index in [0.717, 1.165) is 5.56 Å². The van der Waals surface area contributed by atoms with Gasteiger partial charge in [0.05, 0.1) is 25.4 Å². The van der Waals surface area contributed by atoms with Crippen LogP contribution in [-0.4, -0.2) is 30.8 Å². The van der Waals surface area contributed by atoms with Gasteiger partial charge in [0, 0.05) is 30.6 Å². The number of hydrogen-bond donors (Lipinski definition) is 3. The summed E-state index contributed by atoms with van der Waals surface area (Å²) in [7, 11) is 0. The summed E-state index contributed by atoms with van der Waals surface area (Å²) in [6, 6.07) is 14.3. The van der Waals surface area contributed by atoms with Crippen LogP contribution in [0.4, 0.5) is 10.1 Å². The minimum absolute atomic E-state index is 0.133. The third-order valence-corrected chi connectivity index (χ3v) is 4.78. The van der Waals surface area contributed by atoms with E-state index < -0.39 is 11.4 Å². The monoisotopic (exact) mass is 358 g/mol. The Kier molecular flexibility index (Phi) is 5.66. The van der Waals surface area contributed by atoms with Crippen molar-refractivity contribution in [3.63, 3.8) is 0 Å². The summed E-state index contributed by atoms with van der Waals surface area (Å²) >= 11 is 0. The van der Waals surface area contributed by atoms with E-state index in [0.29, 0.717) is 24.4 Å². The molecule has 1 fully saturated rings. The molecule has 5 nitrogen and oxygen atoms in total. The number of carbonyl (C=O) groups is 1. The van der Waals surface area contributed by atoms with E-state index in [-0.39, 0.29) is 25.0 Å². The lowest BCUT2D eigenvalue weighted by atomic mass is 9.80. The maximum absolute atomic E-state index is 14.7. The number of carbonyl (C=O) groups excluding carboxylic acids is 1. The van der Waals surface area contributed by atoms with Gasteiger partial charge in [-0.1, -0.05) is 30.3 Å². The summed E-state index contributed by atoms with van der Waals surface area (Å²) in [6.07, 6.45) is 0. The first-order valence-corrected chi connectivity index (χ1v) is 8.60. The van der Waals surface area contributed by atoms with Gasteiger partial charge in [-0.05, 0) is 23.8 Å². The molecular formula is C20H23FN2O3. The predicted octanol–water partition coefficient (Wildman–Crippen LogP) is 2.41. The van der Waals surface area contributed by atoms with Crippen molar-refractivity contribution in [2.24, 2.45) is 5.92 Å². The Morgan fingerprint density at radius 2 is 2.08 bits per heavy atom. The summed E-state index contributed by atoms with van der Waals surface area (Å²) in [5, 5.41) is 15.9. The van der Waals surface area contributed by atoms with Crippen LogP contribution >= 0.6 is 0 Å². The van der Waals surface area contributed by atoms with Crippen molar-refractivity contribution in [1.82, 2.24) is 5.32 Å². The summed E-state index contributed by atoms with van der Waals surface area (Å²) in [5.41, 5.74) is 1.08. The van der Waals surface area contributed by atoms with Gasteiger partial charge < -0.3 is 20.5 Å². The van der Waals surface area contributed by atoms with Gasteiger partial charge in [0.2, 0.25) is 5.91 Å². The predicted molar refractivity (Wildman–Crippen MR) is 97.1 cm³/mol. The first-order chi connectivity index (χ1) is 12.5. The average Bonchev–Trinajstić information content (AvgIpc) is 3.06. The summed E-state index contributed by atoms with van der Waals surface area (Å²) < 4.78 is 20.4. The molecule has 3 rings (SSSR count). The molecule has 0 aliphatic carbocycles. The Balaban J connectivity index is 1.97. The smallest absolute Gasteiger partial charge is 0.221 e.